The number of ketones is 1. The van der Waals surface area contributed by atoms with Gasteiger partial charge in [0, 0.05) is 17.2 Å². The monoisotopic (exact) mass is 324 g/mol. The Balaban J connectivity index is 2.54. The summed E-state index contributed by atoms with van der Waals surface area (Å²) >= 11 is 0. The highest BCUT2D eigenvalue weighted by Gasteiger charge is 2.22. The molecule has 7 nitrogen and oxygen atoms in total. The first-order valence-electron chi connectivity index (χ1n) is 6.03. The number of aliphatic hydroxyl groups is 2. The van der Waals surface area contributed by atoms with Crippen LogP contribution in [0.2, 0.25) is 0 Å². The molecule has 22 heavy (non-hydrogen) atoms. The third kappa shape index (κ3) is 3.68. The van der Waals surface area contributed by atoms with Crippen LogP contribution in [-0.2, 0) is 10.1 Å². The van der Waals surface area contributed by atoms with Crippen LogP contribution in [-0.4, -0.2) is 35.4 Å². The Bertz CT molecular complexity index is 782. The van der Waals surface area contributed by atoms with Crippen LogP contribution in [0.1, 0.15) is 15.9 Å². The Kier molecular flexibility index (Phi) is 4.57. The fraction of sp³-hybridized carbons (Fsp3) is 0.0714. The number of hydrogen-bond donors (Lipinski definition) is 3. The molecule has 2 aromatic rings. The van der Waals surface area contributed by atoms with E-state index in [1.54, 1.807) is 18.2 Å². The van der Waals surface area contributed by atoms with E-state index in [2.05, 4.69) is 4.74 Å². The summed E-state index contributed by atoms with van der Waals surface area (Å²) in [5.41, 5.74) is -0.0169. The molecule has 0 aliphatic heterocycles. The maximum absolute atomic E-state index is 12.3. The average Bonchev–Trinajstić information content (AvgIpc) is 2.46. The van der Waals surface area contributed by atoms with Gasteiger partial charge in [-0.25, -0.2) is 0 Å². The lowest BCUT2D eigenvalue weighted by Crippen LogP contribution is -2.15. The maximum Gasteiger partial charge on any atom is 0.310 e. The Morgan fingerprint density at radius 2 is 1.68 bits per heavy atom. The van der Waals surface area contributed by atoms with Gasteiger partial charge in [-0.3, -0.25) is 9.35 Å². The molecule has 3 N–H and O–H groups in total. The summed E-state index contributed by atoms with van der Waals surface area (Å²) in [5.74, 6) is -0.837. The zero-order chi connectivity index (χ0) is 16.3. The van der Waals surface area contributed by atoms with Crippen molar-refractivity contribution in [3.63, 3.8) is 0 Å². The van der Waals surface area contributed by atoms with Crippen molar-refractivity contribution >= 4 is 15.9 Å². The van der Waals surface area contributed by atoms with Gasteiger partial charge in [0.2, 0.25) is 0 Å². The molecule has 0 radical (unpaired) electrons. The van der Waals surface area contributed by atoms with Gasteiger partial charge in [-0.2, -0.15) is 8.42 Å². The molecule has 2 rings (SSSR count). The minimum absolute atomic E-state index is 0.229. The van der Waals surface area contributed by atoms with E-state index >= 15 is 0 Å². The predicted molar refractivity (Wildman–Crippen MR) is 75.0 cm³/mol. The molecule has 2 aromatic carbocycles. The van der Waals surface area contributed by atoms with Crippen LogP contribution >= 0.6 is 0 Å². The molecule has 0 aromatic heterocycles. The molecule has 0 aliphatic rings. The Labute approximate surface area is 126 Å². The number of hydrogen-bond acceptors (Lipinski definition) is 6. The van der Waals surface area contributed by atoms with Crippen LogP contribution in [0.15, 0.2) is 53.4 Å². The van der Waals surface area contributed by atoms with Gasteiger partial charge in [0.15, 0.2) is 5.78 Å². The molecule has 0 atom stereocenters. The Morgan fingerprint density at radius 1 is 1.05 bits per heavy atom. The van der Waals surface area contributed by atoms with E-state index in [0.29, 0.717) is 0 Å². The van der Waals surface area contributed by atoms with Crippen molar-refractivity contribution in [2.24, 2.45) is 0 Å². The SMILES string of the molecule is O=C(c1ccccc1)c1ccc(OC(O)O)cc1S(=O)(=O)O. The van der Waals surface area contributed by atoms with E-state index in [9.17, 15) is 17.8 Å². The first-order valence-corrected chi connectivity index (χ1v) is 7.47. The van der Waals surface area contributed by atoms with Crippen molar-refractivity contribution in [2.75, 3.05) is 0 Å². The molecule has 0 amide bonds. The zero-order valence-electron chi connectivity index (χ0n) is 11.1. The molecule has 0 aliphatic carbocycles. The second-order valence-electron chi connectivity index (χ2n) is 4.27. The fourth-order valence-electron chi connectivity index (χ4n) is 1.84. The first-order chi connectivity index (χ1) is 10.3. The highest BCUT2D eigenvalue weighted by Crippen LogP contribution is 2.25. The first kappa shape index (κ1) is 16.1. The number of carbonyl (C=O) groups is 1. The van der Waals surface area contributed by atoms with Crippen molar-refractivity contribution in [3.8, 4) is 5.75 Å². The summed E-state index contributed by atoms with van der Waals surface area (Å²) in [7, 11) is -4.71. The lowest BCUT2D eigenvalue weighted by Gasteiger charge is -2.11. The Hall–Kier alpha value is -2.26. The van der Waals surface area contributed by atoms with Gasteiger partial charge in [-0.1, -0.05) is 30.3 Å². The molecule has 8 heteroatoms. The van der Waals surface area contributed by atoms with Gasteiger partial charge in [-0.05, 0) is 12.1 Å². The maximum atomic E-state index is 12.3. The highest BCUT2D eigenvalue weighted by molar-refractivity contribution is 7.86. The standard InChI is InChI=1S/C14H12O7S/c15-13(9-4-2-1-3-5-9)11-7-6-10(21-14(16)17)8-12(11)22(18,19)20/h1-8,14,16-17H,(H,18,19,20). The quantitative estimate of drug-likeness (QED) is 0.423. The van der Waals surface area contributed by atoms with Gasteiger partial charge in [0.25, 0.3) is 10.1 Å². The molecule has 0 bridgehead atoms. The number of aliphatic hydroxyl groups excluding tert-OH is 1. The molecule has 0 fully saturated rings. The summed E-state index contributed by atoms with van der Waals surface area (Å²) in [5, 5.41) is 17.4. The summed E-state index contributed by atoms with van der Waals surface area (Å²) in [6.07, 6.45) is 0. The minimum atomic E-state index is -4.71. The molecular formula is C14H12O7S. The minimum Gasteiger partial charge on any atom is -0.441 e. The van der Waals surface area contributed by atoms with E-state index < -0.39 is 27.3 Å². The smallest absolute Gasteiger partial charge is 0.310 e. The molecule has 0 saturated carbocycles. The van der Waals surface area contributed by atoms with Crippen LogP contribution in [0.25, 0.3) is 0 Å². The fourth-order valence-corrected chi connectivity index (χ4v) is 2.55. The normalized spacial score (nSPS) is 11.5. The lowest BCUT2D eigenvalue weighted by molar-refractivity contribution is -0.179. The third-order valence-corrected chi connectivity index (χ3v) is 3.65. The van der Waals surface area contributed by atoms with Crippen molar-refractivity contribution in [1.29, 1.82) is 0 Å². The zero-order valence-corrected chi connectivity index (χ0v) is 11.9. The molecule has 116 valence electrons. The predicted octanol–water partition coefficient (Wildman–Crippen LogP) is 0.811. The molecular weight excluding hydrogens is 312 g/mol. The van der Waals surface area contributed by atoms with Crippen molar-refractivity contribution in [2.45, 2.75) is 11.4 Å². The third-order valence-electron chi connectivity index (χ3n) is 2.75. The van der Waals surface area contributed by atoms with E-state index in [0.717, 1.165) is 12.1 Å². The van der Waals surface area contributed by atoms with Gasteiger partial charge in [0.05, 0.1) is 0 Å². The van der Waals surface area contributed by atoms with Crippen LogP contribution in [0, 0.1) is 0 Å². The largest absolute Gasteiger partial charge is 0.441 e. The van der Waals surface area contributed by atoms with E-state index in [4.69, 9.17) is 10.2 Å². The van der Waals surface area contributed by atoms with Crippen molar-refractivity contribution < 1.29 is 32.7 Å². The number of rotatable bonds is 5. The summed E-state index contributed by atoms with van der Waals surface area (Å²) in [4.78, 5) is 11.7. The van der Waals surface area contributed by atoms with Gasteiger partial charge < -0.3 is 14.9 Å². The molecule has 0 heterocycles. The second kappa shape index (κ2) is 6.24. The summed E-state index contributed by atoms with van der Waals surface area (Å²) < 4.78 is 36.7. The number of ether oxygens (including phenoxy) is 1. The average molecular weight is 324 g/mol. The second-order valence-corrected chi connectivity index (χ2v) is 5.66. The van der Waals surface area contributed by atoms with Crippen molar-refractivity contribution in [3.05, 3.63) is 59.7 Å². The van der Waals surface area contributed by atoms with Crippen LogP contribution in [0.4, 0.5) is 0 Å². The molecule has 0 unspecified atom stereocenters. The number of benzene rings is 2. The molecule has 0 spiro atoms. The summed E-state index contributed by atoms with van der Waals surface area (Å²) in [6.45, 7) is -2.16. The van der Waals surface area contributed by atoms with Gasteiger partial charge in [-0.15, -0.1) is 0 Å². The van der Waals surface area contributed by atoms with E-state index in [1.165, 1.54) is 18.2 Å². The van der Waals surface area contributed by atoms with Crippen LogP contribution in [0.3, 0.4) is 0 Å². The Morgan fingerprint density at radius 3 is 2.23 bits per heavy atom. The van der Waals surface area contributed by atoms with E-state index in [1.807, 2.05) is 0 Å². The summed E-state index contributed by atoms with van der Waals surface area (Å²) in [6, 6.07) is 11.1. The highest BCUT2D eigenvalue weighted by atomic mass is 32.2. The van der Waals surface area contributed by atoms with Crippen LogP contribution < -0.4 is 4.74 Å². The van der Waals surface area contributed by atoms with Gasteiger partial charge in [0.1, 0.15) is 10.6 Å². The molecule has 0 saturated heterocycles. The number of carbonyl (C=O) groups excluding carboxylic acids is 1. The lowest BCUT2D eigenvalue weighted by atomic mass is 10.0. The van der Waals surface area contributed by atoms with Crippen LogP contribution in [0.5, 0.6) is 5.75 Å². The van der Waals surface area contributed by atoms with Crippen molar-refractivity contribution in [1.82, 2.24) is 0 Å². The van der Waals surface area contributed by atoms with Gasteiger partial charge >= 0.3 is 6.48 Å². The van der Waals surface area contributed by atoms with E-state index in [-0.39, 0.29) is 16.9 Å². The topological polar surface area (TPSA) is 121 Å².